The number of hydrogen-bond donors (Lipinski definition) is 1. The second kappa shape index (κ2) is 6.08. The molecule has 0 amide bonds. The van der Waals surface area contributed by atoms with Crippen LogP contribution in [0.4, 0.5) is 11.4 Å². The Kier molecular flexibility index (Phi) is 3.40. The first-order valence-electron chi connectivity index (χ1n) is 9.46. The summed E-state index contributed by atoms with van der Waals surface area (Å²) in [5.74, 6) is 0. The molecule has 1 heterocycles. The molecule has 0 fully saturated rings. The number of rotatable bonds is 2. The van der Waals surface area contributed by atoms with E-state index >= 15 is 0 Å². The van der Waals surface area contributed by atoms with Gasteiger partial charge in [0.15, 0.2) is 0 Å². The Morgan fingerprint density at radius 1 is 0.500 bits per heavy atom. The topological polar surface area (TPSA) is 12.0 Å². The van der Waals surface area contributed by atoms with Crippen LogP contribution < -0.4 is 5.32 Å². The van der Waals surface area contributed by atoms with Gasteiger partial charge in [-0.15, -0.1) is 11.3 Å². The van der Waals surface area contributed by atoms with Crippen LogP contribution in [-0.4, -0.2) is 0 Å². The smallest absolute Gasteiger partial charge is 0.0440 e. The number of anilines is 2. The number of thiophene rings is 1. The lowest BCUT2D eigenvalue weighted by Gasteiger charge is -2.08. The fourth-order valence-corrected chi connectivity index (χ4v) is 5.41. The van der Waals surface area contributed by atoms with Gasteiger partial charge in [-0.3, -0.25) is 0 Å². The van der Waals surface area contributed by atoms with Crippen LogP contribution in [0, 0.1) is 0 Å². The molecule has 28 heavy (non-hydrogen) atoms. The SMILES string of the molecule is c1ccc(Nc2ccc3sc4c5ccccc5c5ccccc5c4c3c2)cc1. The van der Waals surface area contributed by atoms with E-state index in [0.29, 0.717) is 0 Å². The lowest BCUT2D eigenvalue weighted by Crippen LogP contribution is -1.88. The lowest BCUT2D eigenvalue weighted by atomic mass is 9.97. The monoisotopic (exact) mass is 375 g/mol. The van der Waals surface area contributed by atoms with Crippen molar-refractivity contribution < 1.29 is 0 Å². The van der Waals surface area contributed by atoms with E-state index < -0.39 is 0 Å². The van der Waals surface area contributed by atoms with Crippen LogP contribution in [0.2, 0.25) is 0 Å². The first-order valence-corrected chi connectivity index (χ1v) is 10.3. The minimum atomic E-state index is 1.11. The fourth-order valence-electron chi connectivity index (χ4n) is 4.17. The maximum Gasteiger partial charge on any atom is 0.0440 e. The predicted octanol–water partition coefficient (Wildman–Crippen LogP) is 8.10. The van der Waals surface area contributed by atoms with E-state index in [0.717, 1.165) is 11.4 Å². The first-order chi connectivity index (χ1) is 13.9. The van der Waals surface area contributed by atoms with Crippen molar-refractivity contribution in [2.75, 3.05) is 5.32 Å². The quantitative estimate of drug-likeness (QED) is 0.301. The van der Waals surface area contributed by atoms with Crippen LogP contribution in [0.25, 0.3) is 41.7 Å². The van der Waals surface area contributed by atoms with Crippen molar-refractivity contribution in [3.8, 4) is 0 Å². The van der Waals surface area contributed by atoms with E-state index in [2.05, 4.69) is 96.3 Å². The lowest BCUT2D eigenvalue weighted by molar-refractivity contribution is 1.57. The maximum atomic E-state index is 3.54. The predicted molar refractivity (Wildman–Crippen MR) is 124 cm³/mol. The first kappa shape index (κ1) is 15.7. The van der Waals surface area contributed by atoms with Crippen molar-refractivity contribution in [3.05, 3.63) is 97.1 Å². The van der Waals surface area contributed by atoms with Crippen LogP contribution in [-0.2, 0) is 0 Å². The summed E-state index contributed by atoms with van der Waals surface area (Å²) in [6.07, 6.45) is 0. The molecule has 0 saturated carbocycles. The van der Waals surface area contributed by atoms with Gasteiger partial charge in [0, 0.05) is 36.9 Å². The summed E-state index contributed by atoms with van der Waals surface area (Å²) in [6, 6.07) is 34.6. The van der Waals surface area contributed by atoms with Gasteiger partial charge < -0.3 is 5.32 Å². The van der Waals surface area contributed by atoms with Gasteiger partial charge in [-0.2, -0.15) is 0 Å². The zero-order valence-electron chi connectivity index (χ0n) is 15.1. The molecular formula is C26H17NS. The van der Waals surface area contributed by atoms with E-state index in [1.165, 1.54) is 41.7 Å². The van der Waals surface area contributed by atoms with Crippen molar-refractivity contribution in [1.82, 2.24) is 0 Å². The summed E-state index contributed by atoms with van der Waals surface area (Å²) >= 11 is 1.89. The molecule has 132 valence electrons. The van der Waals surface area contributed by atoms with Gasteiger partial charge in [0.2, 0.25) is 0 Å². The zero-order valence-corrected chi connectivity index (χ0v) is 16.0. The zero-order chi connectivity index (χ0) is 18.5. The molecule has 0 aliphatic carbocycles. The van der Waals surface area contributed by atoms with Crippen molar-refractivity contribution in [3.63, 3.8) is 0 Å². The summed E-state index contributed by atoms with van der Waals surface area (Å²) in [5, 5.41) is 11.6. The average Bonchev–Trinajstić information content (AvgIpc) is 3.14. The molecule has 0 aliphatic rings. The van der Waals surface area contributed by atoms with E-state index in [-0.39, 0.29) is 0 Å². The molecule has 0 saturated heterocycles. The second-order valence-electron chi connectivity index (χ2n) is 7.10. The fraction of sp³-hybridized carbons (Fsp3) is 0. The van der Waals surface area contributed by atoms with E-state index in [9.17, 15) is 0 Å². The highest BCUT2D eigenvalue weighted by molar-refractivity contribution is 7.27. The number of benzene rings is 5. The van der Waals surface area contributed by atoms with Crippen molar-refractivity contribution in [2.45, 2.75) is 0 Å². The second-order valence-corrected chi connectivity index (χ2v) is 8.15. The minimum Gasteiger partial charge on any atom is -0.356 e. The van der Waals surface area contributed by atoms with Gasteiger partial charge in [-0.05, 0) is 46.5 Å². The van der Waals surface area contributed by atoms with E-state index in [4.69, 9.17) is 0 Å². The Morgan fingerprint density at radius 2 is 1.14 bits per heavy atom. The van der Waals surface area contributed by atoms with Crippen molar-refractivity contribution >= 4 is 64.4 Å². The average molecular weight is 375 g/mol. The molecule has 1 aromatic heterocycles. The maximum absolute atomic E-state index is 3.54. The number of nitrogens with one attached hydrogen (secondary N) is 1. The molecule has 0 atom stereocenters. The molecular weight excluding hydrogens is 358 g/mol. The van der Waals surface area contributed by atoms with Gasteiger partial charge in [-0.1, -0.05) is 66.7 Å². The largest absolute Gasteiger partial charge is 0.356 e. The highest BCUT2D eigenvalue weighted by atomic mass is 32.1. The normalized spacial score (nSPS) is 11.6. The third kappa shape index (κ3) is 2.32. The van der Waals surface area contributed by atoms with Gasteiger partial charge in [0.05, 0.1) is 0 Å². The molecule has 5 aromatic carbocycles. The molecule has 0 bridgehead atoms. The third-order valence-electron chi connectivity index (χ3n) is 5.41. The third-order valence-corrected chi connectivity index (χ3v) is 6.61. The number of hydrogen-bond acceptors (Lipinski definition) is 2. The van der Waals surface area contributed by atoms with Crippen LogP contribution in [0.15, 0.2) is 97.1 Å². The summed E-state index contributed by atoms with van der Waals surface area (Å²) in [5.41, 5.74) is 2.23. The Morgan fingerprint density at radius 3 is 1.93 bits per heavy atom. The van der Waals surface area contributed by atoms with Gasteiger partial charge in [0.25, 0.3) is 0 Å². The molecule has 6 rings (SSSR count). The Hall–Kier alpha value is -3.36. The van der Waals surface area contributed by atoms with Crippen molar-refractivity contribution in [2.24, 2.45) is 0 Å². The molecule has 1 nitrogen and oxygen atoms in total. The molecule has 0 radical (unpaired) electrons. The molecule has 6 aromatic rings. The molecule has 1 N–H and O–H groups in total. The Labute approximate surface area is 166 Å². The molecule has 2 heteroatoms. The Bertz CT molecular complexity index is 1480. The van der Waals surface area contributed by atoms with Gasteiger partial charge >= 0.3 is 0 Å². The summed E-state index contributed by atoms with van der Waals surface area (Å²) in [6.45, 7) is 0. The molecule has 0 spiro atoms. The summed E-state index contributed by atoms with van der Waals surface area (Å²) in [4.78, 5) is 0. The standard InChI is InChI=1S/C26H17NS/c1-2-8-17(9-3-1)27-18-14-15-24-23(16-18)25-21-12-6-4-10-19(21)20-11-5-7-13-22(20)26(25)28-24/h1-16,27H. The van der Waals surface area contributed by atoms with E-state index in [1.807, 2.05) is 17.4 Å². The highest BCUT2D eigenvalue weighted by Gasteiger charge is 2.14. The highest BCUT2D eigenvalue weighted by Crippen LogP contribution is 2.44. The summed E-state index contributed by atoms with van der Waals surface area (Å²) in [7, 11) is 0. The van der Waals surface area contributed by atoms with Crippen LogP contribution >= 0.6 is 11.3 Å². The Balaban J connectivity index is 1.70. The van der Waals surface area contributed by atoms with E-state index in [1.54, 1.807) is 0 Å². The van der Waals surface area contributed by atoms with Crippen LogP contribution in [0.3, 0.4) is 0 Å². The van der Waals surface area contributed by atoms with Crippen LogP contribution in [0.5, 0.6) is 0 Å². The number of para-hydroxylation sites is 1. The number of fused-ring (bicyclic) bond motifs is 8. The minimum absolute atomic E-state index is 1.11. The molecule has 0 unspecified atom stereocenters. The van der Waals surface area contributed by atoms with Gasteiger partial charge in [0.1, 0.15) is 0 Å². The van der Waals surface area contributed by atoms with Gasteiger partial charge in [-0.25, -0.2) is 0 Å². The molecule has 0 aliphatic heterocycles. The summed E-state index contributed by atoms with van der Waals surface area (Å²) < 4.78 is 2.70. The van der Waals surface area contributed by atoms with Crippen LogP contribution in [0.1, 0.15) is 0 Å². The van der Waals surface area contributed by atoms with Crippen molar-refractivity contribution in [1.29, 1.82) is 0 Å².